The van der Waals surface area contributed by atoms with Gasteiger partial charge in [0.15, 0.2) is 15.7 Å². The van der Waals surface area contributed by atoms with Gasteiger partial charge in [0, 0.05) is 0 Å². The van der Waals surface area contributed by atoms with Crippen molar-refractivity contribution in [3.63, 3.8) is 0 Å². The molecule has 1 N–H and O–H groups in total. The summed E-state index contributed by atoms with van der Waals surface area (Å²) in [5.41, 5.74) is 2.39. The molecule has 0 saturated heterocycles. The number of aliphatic imine (C=N–C) groups is 1. The van der Waals surface area contributed by atoms with Crippen LogP contribution in [0.1, 0.15) is 13.8 Å². The second kappa shape index (κ2) is 3.37. The van der Waals surface area contributed by atoms with Crippen LogP contribution in [0.15, 0.2) is 17.5 Å². The van der Waals surface area contributed by atoms with Gasteiger partial charge in [0.25, 0.3) is 0 Å². The maximum absolute atomic E-state index is 11.4. The number of hydroxylamine groups is 1. The minimum Gasteiger partial charge on any atom is -0.361 e. The average molecular weight is 204 g/mol. The van der Waals surface area contributed by atoms with Crippen LogP contribution in [0.2, 0.25) is 0 Å². The van der Waals surface area contributed by atoms with Crippen LogP contribution in [0.25, 0.3) is 0 Å². The maximum Gasteiger partial charge on any atom is 0.240 e. The molecule has 1 aliphatic rings. The number of hydrogen-bond donors (Lipinski definition) is 1. The third kappa shape index (κ3) is 2.45. The summed E-state index contributed by atoms with van der Waals surface area (Å²) in [6, 6.07) is 0. The topological polar surface area (TPSA) is 67.8 Å². The van der Waals surface area contributed by atoms with Crippen LogP contribution in [0.3, 0.4) is 0 Å². The van der Waals surface area contributed by atoms with Gasteiger partial charge in [-0.25, -0.2) is 13.9 Å². The van der Waals surface area contributed by atoms with E-state index in [1.54, 1.807) is 13.8 Å². The molecule has 0 fully saturated rings. The molecule has 0 spiro atoms. The number of hydrogen-bond acceptors (Lipinski definition) is 5. The molecule has 0 aromatic carbocycles. The van der Waals surface area contributed by atoms with Crippen molar-refractivity contribution in [2.24, 2.45) is 4.99 Å². The first-order valence-corrected chi connectivity index (χ1v) is 5.54. The third-order valence-corrected chi connectivity index (χ3v) is 3.71. The molecule has 1 heterocycles. The Morgan fingerprint density at radius 2 is 2.23 bits per heavy atom. The molecule has 0 aliphatic carbocycles. The predicted octanol–water partition coefficient (Wildman–Crippen LogP) is 0.214. The Kier molecular flexibility index (Phi) is 2.60. The van der Waals surface area contributed by atoms with Crippen LogP contribution in [-0.2, 0) is 14.7 Å². The van der Waals surface area contributed by atoms with E-state index in [0.717, 1.165) is 0 Å². The highest BCUT2D eigenvalue weighted by Crippen LogP contribution is 2.06. The highest BCUT2D eigenvalue weighted by Gasteiger charge is 2.22. The van der Waals surface area contributed by atoms with Crippen LogP contribution in [0.4, 0.5) is 0 Å². The van der Waals surface area contributed by atoms with E-state index >= 15 is 0 Å². The summed E-state index contributed by atoms with van der Waals surface area (Å²) in [7, 11) is -3.12. The average Bonchev–Trinajstić information content (AvgIpc) is 2.34. The Morgan fingerprint density at radius 1 is 1.62 bits per heavy atom. The Bertz CT molecular complexity index is 343. The lowest BCUT2D eigenvalue weighted by atomic mass is 10.6. The molecule has 0 amide bonds. The molecule has 0 aromatic rings. The number of sulfone groups is 1. The van der Waals surface area contributed by atoms with Gasteiger partial charge in [0.05, 0.1) is 5.25 Å². The largest absolute Gasteiger partial charge is 0.361 e. The molecule has 0 bridgehead atoms. The van der Waals surface area contributed by atoms with Crippen LogP contribution >= 0.6 is 0 Å². The van der Waals surface area contributed by atoms with Crippen molar-refractivity contribution in [2.75, 3.05) is 5.75 Å². The zero-order chi connectivity index (χ0) is 10.1. The smallest absolute Gasteiger partial charge is 0.240 e. The van der Waals surface area contributed by atoms with Gasteiger partial charge in [0.2, 0.25) is 5.88 Å². The lowest BCUT2D eigenvalue weighted by Gasteiger charge is -2.06. The Labute approximate surface area is 77.4 Å². The Hall–Kier alpha value is -1.04. The normalized spacial score (nSPS) is 16.8. The fraction of sp³-hybridized carbons (Fsp3) is 0.571. The number of rotatable bonds is 3. The van der Waals surface area contributed by atoms with E-state index in [2.05, 4.69) is 21.9 Å². The molecule has 0 atom stereocenters. The summed E-state index contributed by atoms with van der Waals surface area (Å²) in [4.78, 5) is 8.44. The Morgan fingerprint density at radius 3 is 2.62 bits per heavy atom. The van der Waals surface area contributed by atoms with Crippen LogP contribution in [0, 0.1) is 0 Å². The standard InChI is InChI=1S/C7H12N2O3S/c1-5(2)13(10,11)4-7-8-6(3)12-9-7/h5H,3-4H2,1-2H3,(H,8,9). The van der Waals surface area contributed by atoms with Gasteiger partial charge < -0.3 is 4.84 Å². The van der Waals surface area contributed by atoms with Gasteiger partial charge in [-0.2, -0.15) is 4.99 Å². The molecule has 1 rings (SSSR count). The zero-order valence-corrected chi connectivity index (χ0v) is 8.39. The summed E-state index contributed by atoms with van der Waals surface area (Å²) < 4.78 is 22.8. The molecular formula is C7H12N2O3S. The summed E-state index contributed by atoms with van der Waals surface area (Å²) in [5.74, 6) is 0.344. The van der Waals surface area contributed by atoms with Gasteiger partial charge >= 0.3 is 0 Å². The fourth-order valence-corrected chi connectivity index (χ4v) is 1.57. The highest BCUT2D eigenvalue weighted by molar-refractivity contribution is 7.92. The van der Waals surface area contributed by atoms with Crippen molar-refractivity contribution in [2.45, 2.75) is 19.1 Å². The summed E-state index contributed by atoms with van der Waals surface area (Å²) in [6.07, 6.45) is 0. The molecule has 0 unspecified atom stereocenters. The van der Waals surface area contributed by atoms with Gasteiger partial charge in [-0.05, 0) is 20.4 Å². The fourth-order valence-electron chi connectivity index (χ4n) is 0.733. The molecular weight excluding hydrogens is 192 g/mol. The van der Waals surface area contributed by atoms with E-state index in [0.29, 0.717) is 5.84 Å². The van der Waals surface area contributed by atoms with Gasteiger partial charge in [0.1, 0.15) is 5.75 Å². The summed E-state index contributed by atoms with van der Waals surface area (Å²) in [5, 5.41) is -0.411. The second-order valence-electron chi connectivity index (χ2n) is 3.01. The number of nitrogens with one attached hydrogen (secondary N) is 1. The summed E-state index contributed by atoms with van der Waals surface area (Å²) in [6.45, 7) is 6.66. The molecule has 1 aliphatic heterocycles. The van der Waals surface area contributed by atoms with Gasteiger partial charge in [-0.3, -0.25) is 0 Å². The zero-order valence-electron chi connectivity index (χ0n) is 7.57. The number of nitrogens with zero attached hydrogens (tertiary/aromatic N) is 1. The molecule has 74 valence electrons. The maximum atomic E-state index is 11.4. The molecule has 0 saturated carbocycles. The van der Waals surface area contributed by atoms with E-state index in [9.17, 15) is 8.42 Å². The lowest BCUT2D eigenvalue weighted by molar-refractivity contribution is 0.178. The molecule has 6 heteroatoms. The van der Waals surface area contributed by atoms with Crippen molar-refractivity contribution < 1.29 is 13.3 Å². The van der Waals surface area contributed by atoms with Crippen LogP contribution in [-0.4, -0.2) is 25.3 Å². The van der Waals surface area contributed by atoms with Crippen LogP contribution < -0.4 is 5.48 Å². The predicted molar refractivity (Wildman–Crippen MR) is 49.7 cm³/mol. The van der Waals surface area contributed by atoms with Crippen LogP contribution in [0.5, 0.6) is 0 Å². The van der Waals surface area contributed by atoms with E-state index in [1.165, 1.54) is 0 Å². The van der Waals surface area contributed by atoms with E-state index in [1.807, 2.05) is 0 Å². The minimum absolute atomic E-state index is 0.135. The molecule has 0 aromatic heterocycles. The number of amidine groups is 1. The Balaban J connectivity index is 2.70. The van der Waals surface area contributed by atoms with Crippen molar-refractivity contribution >= 4 is 15.7 Å². The minimum atomic E-state index is -3.12. The molecule has 5 nitrogen and oxygen atoms in total. The first-order chi connectivity index (χ1) is 5.92. The quantitative estimate of drug-likeness (QED) is 0.713. The van der Waals surface area contributed by atoms with Crippen molar-refractivity contribution in [1.29, 1.82) is 0 Å². The van der Waals surface area contributed by atoms with E-state index in [-0.39, 0.29) is 11.6 Å². The summed E-state index contributed by atoms with van der Waals surface area (Å²) >= 11 is 0. The van der Waals surface area contributed by atoms with E-state index < -0.39 is 15.1 Å². The van der Waals surface area contributed by atoms with Crippen molar-refractivity contribution in [3.05, 3.63) is 12.5 Å². The van der Waals surface area contributed by atoms with E-state index in [4.69, 9.17) is 0 Å². The third-order valence-electron chi connectivity index (χ3n) is 1.60. The first kappa shape index (κ1) is 10.0. The second-order valence-corrected chi connectivity index (χ2v) is 5.57. The molecule has 0 radical (unpaired) electrons. The van der Waals surface area contributed by atoms with Crippen molar-refractivity contribution in [1.82, 2.24) is 5.48 Å². The molecule has 13 heavy (non-hydrogen) atoms. The van der Waals surface area contributed by atoms with Gasteiger partial charge in [-0.15, -0.1) is 0 Å². The highest BCUT2D eigenvalue weighted by atomic mass is 32.2. The lowest BCUT2D eigenvalue weighted by Crippen LogP contribution is -2.29. The van der Waals surface area contributed by atoms with Gasteiger partial charge in [-0.1, -0.05) is 0 Å². The SMILES string of the molecule is C=C1N=C(CS(=O)(=O)C(C)C)NO1. The monoisotopic (exact) mass is 204 g/mol. The first-order valence-electron chi connectivity index (χ1n) is 3.82. The van der Waals surface area contributed by atoms with Crippen molar-refractivity contribution in [3.8, 4) is 0 Å².